The highest BCUT2D eigenvalue weighted by Crippen LogP contribution is 2.32. The van der Waals surface area contributed by atoms with Crippen LogP contribution >= 0.6 is 0 Å². The lowest BCUT2D eigenvalue weighted by atomic mass is 9.92. The van der Waals surface area contributed by atoms with Gasteiger partial charge in [-0.15, -0.1) is 0 Å². The summed E-state index contributed by atoms with van der Waals surface area (Å²) >= 11 is 0. The number of carbonyl (C=O) groups is 1. The number of benzene rings is 1. The van der Waals surface area contributed by atoms with Crippen molar-refractivity contribution < 1.29 is 32.2 Å². The third kappa shape index (κ3) is 5.36. The van der Waals surface area contributed by atoms with Crippen molar-refractivity contribution in [1.29, 1.82) is 0 Å². The molecule has 8 nitrogen and oxygen atoms in total. The van der Waals surface area contributed by atoms with Gasteiger partial charge in [-0.3, -0.25) is 5.32 Å². The topological polar surface area (TPSA) is 94.6 Å². The van der Waals surface area contributed by atoms with Crippen molar-refractivity contribution in [2.75, 3.05) is 23.8 Å². The van der Waals surface area contributed by atoms with Gasteiger partial charge in [-0.2, -0.15) is 13.2 Å². The summed E-state index contributed by atoms with van der Waals surface area (Å²) in [5.41, 5.74) is -0.136. The minimum atomic E-state index is -4.51. The van der Waals surface area contributed by atoms with E-state index in [-0.39, 0.29) is 23.8 Å². The van der Waals surface area contributed by atoms with Gasteiger partial charge in [0.1, 0.15) is 12.2 Å². The first-order valence-corrected chi connectivity index (χ1v) is 10.5. The fourth-order valence-electron chi connectivity index (χ4n) is 3.76. The smallest absolute Gasteiger partial charge is 0.416 e. The molecular formula is C22H25F3N4O4. The van der Waals surface area contributed by atoms with E-state index < -0.39 is 36.1 Å². The molecule has 0 radical (unpaired) electrons. The van der Waals surface area contributed by atoms with Crippen molar-refractivity contribution in [3.63, 3.8) is 0 Å². The summed E-state index contributed by atoms with van der Waals surface area (Å²) < 4.78 is 55.5. The Labute approximate surface area is 188 Å². The molecule has 0 spiro atoms. The highest BCUT2D eigenvalue weighted by atomic mass is 19.4. The summed E-state index contributed by atoms with van der Waals surface area (Å²) in [6.07, 6.45) is -5.31. The second-order valence-electron chi connectivity index (χ2n) is 9.01. The van der Waals surface area contributed by atoms with Crippen molar-refractivity contribution in [1.82, 2.24) is 9.97 Å². The van der Waals surface area contributed by atoms with E-state index in [2.05, 4.69) is 41.4 Å². The van der Waals surface area contributed by atoms with Crippen molar-refractivity contribution in [2.45, 2.75) is 56.7 Å². The molecule has 2 aliphatic heterocycles. The second-order valence-corrected chi connectivity index (χ2v) is 9.01. The molecule has 2 fully saturated rings. The Morgan fingerprint density at radius 2 is 1.88 bits per heavy atom. The third-order valence-electron chi connectivity index (χ3n) is 5.44. The zero-order valence-electron chi connectivity index (χ0n) is 18.3. The maximum atomic E-state index is 12.9. The molecule has 1 aromatic carbocycles. The molecule has 3 heterocycles. The average Bonchev–Trinajstić information content (AvgIpc) is 3.31. The Kier molecular flexibility index (Phi) is 6.19. The summed E-state index contributed by atoms with van der Waals surface area (Å²) in [6, 6.07) is 5.94. The largest absolute Gasteiger partial charge is 0.441 e. The number of rotatable bonds is 4. The Balaban J connectivity index is 1.35. The molecule has 1 aromatic heterocycles. The average molecular weight is 466 g/mol. The zero-order valence-corrected chi connectivity index (χ0v) is 18.3. The number of halogens is 3. The maximum absolute atomic E-state index is 12.9. The van der Waals surface area contributed by atoms with Crippen LogP contribution in [0.5, 0.6) is 0 Å². The lowest BCUT2D eigenvalue weighted by molar-refractivity contribution is -0.137. The summed E-state index contributed by atoms with van der Waals surface area (Å²) in [5.74, 6) is 0.451. The SMILES string of the molecule is CC(C)(C)c1ccnc(N[C@@H]2CO[C@@H]3[C@@H]2OC[C@H]3OC(=O)Nc2cccc(C(F)(F)F)c2)n1. The number of hydrogen-bond donors (Lipinski definition) is 2. The maximum Gasteiger partial charge on any atom is 0.416 e. The lowest BCUT2D eigenvalue weighted by Crippen LogP contribution is -2.38. The first-order chi connectivity index (χ1) is 15.5. The molecule has 2 aliphatic rings. The number of fused-ring (bicyclic) bond motifs is 1. The van der Waals surface area contributed by atoms with Crippen molar-refractivity contribution >= 4 is 17.7 Å². The molecule has 2 aromatic rings. The van der Waals surface area contributed by atoms with Crippen LogP contribution in [0, 0.1) is 0 Å². The van der Waals surface area contributed by atoms with E-state index in [4.69, 9.17) is 14.2 Å². The van der Waals surface area contributed by atoms with Crippen LogP contribution in [0.15, 0.2) is 36.5 Å². The van der Waals surface area contributed by atoms with E-state index in [0.29, 0.717) is 12.6 Å². The lowest BCUT2D eigenvalue weighted by Gasteiger charge is -2.20. The first kappa shape index (κ1) is 23.2. The molecule has 0 unspecified atom stereocenters. The number of aromatic nitrogens is 2. The quantitative estimate of drug-likeness (QED) is 0.704. The second kappa shape index (κ2) is 8.79. The van der Waals surface area contributed by atoms with Crippen LogP contribution in [0.25, 0.3) is 0 Å². The van der Waals surface area contributed by atoms with Gasteiger partial charge in [0, 0.05) is 17.3 Å². The number of amides is 1. The monoisotopic (exact) mass is 466 g/mol. The summed E-state index contributed by atoms with van der Waals surface area (Å²) in [4.78, 5) is 21.1. The van der Waals surface area contributed by atoms with Crippen LogP contribution in [0.4, 0.5) is 29.6 Å². The summed E-state index contributed by atoms with van der Waals surface area (Å²) in [6.45, 7) is 6.57. The van der Waals surface area contributed by atoms with E-state index >= 15 is 0 Å². The number of carbonyl (C=O) groups excluding carboxylic acids is 1. The highest BCUT2D eigenvalue weighted by molar-refractivity contribution is 5.84. The first-order valence-electron chi connectivity index (χ1n) is 10.5. The van der Waals surface area contributed by atoms with Crippen molar-refractivity contribution in [2.24, 2.45) is 0 Å². The van der Waals surface area contributed by atoms with E-state index in [9.17, 15) is 18.0 Å². The number of nitrogens with zero attached hydrogens (tertiary/aromatic N) is 2. The molecule has 4 atom stereocenters. The molecule has 11 heteroatoms. The zero-order chi connectivity index (χ0) is 23.8. The molecule has 0 aliphatic carbocycles. The number of alkyl halides is 3. The van der Waals surface area contributed by atoms with Gasteiger partial charge in [0.15, 0.2) is 6.10 Å². The number of anilines is 2. The molecular weight excluding hydrogens is 441 g/mol. The van der Waals surface area contributed by atoms with Gasteiger partial charge in [0.05, 0.1) is 30.5 Å². The molecule has 0 saturated carbocycles. The van der Waals surface area contributed by atoms with Gasteiger partial charge >= 0.3 is 12.3 Å². The molecule has 4 rings (SSSR count). The van der Waals surface area contributed by atoms with E-state index in [0.717, 1.165) is 17.8 Å². The van der Waals surface area contributed by atoms with Crippen LogP contribution in [0.2, 0.25) is 0 Å². The Morgan fingerprint density at radius 1 is 1.12 bits per heavy atom. The molecule has 178 valence electrons. The summed E-state index contributed by atoms with van der Waals surface area (Å²) in [7, 11) is 0. The fraction of sp³-hybridized carbons (Fsp3) is 0.500. The molecule has 1 amide bonds. The van der Waals surface area contributed by atoms with Crippen LogP contribution in [0.3, 0.4) is 0 Å². The fourth-order valence-corrected chi connectivity index (χ4v) is 3.76. The van der Waals surface area contributed by atoms with E-state index in [1.165, 1.54) is 12.1 Å². The Hall–Kier alpha value is -2.92. The molecule has 2 N–H and O–H groups in total. The Morgan fingerprint density at radius 3 is 2.61 bits per heavy atom. The highest BCUT2D eigenvalue weighted by Gasteiger charge is 2.49. The van der Waals surface area contributed by atoms with Crippen LogP contribution < -0.4 is 10.6 Å². The van der Waals surface area contributed by atoms with Gasteiger partial charge in [0.2, 0.25) is 5.95 Å². The van der Waals surface area contributed by atoms with Crippen molar-refractivity contribution in [3.05, 3.63) is 47.8 Å². The standard InChI is InChI=1S/C22H25F3N4O4/c1-21(2,3)16-7-8-26-19(29-16)28-14-10-31-18-15(11-32-17(14)18)33-20(30)27-13-6-4-5-12(9-13)22(23,24)25/h4-9,14-15,17-18H,10-11H2,1-3H3,(H,27,30)(H,26,28,29)/t14-,15-,17-,18+/m1/s1. The molecule has 2 saturated heterocycles. The van der Waals surface area contributed by atoms with E-state index in [1.807, 2.05) is 6.07 Å². The molecule has 33 heavy (non-hydrogen) atoms. The third-order valence-corrected chi connectivity index (χ3v) is 5.44. The predicted octanol–water partition coefficient (Wildman–Crippen LogP) is 3.99. The number of nitrogens with one attached hydrogen (secondary N) is 2. The number of ether oxygens (including phenoxy) is 3. The normalized spacial score (nSPS) is 24.9. The van der Waals surface area contributed by atoms with Crippen LogP contribution in [-0.4, -0.2) is 53.6 Å². The van der Waals surface area contributed by atoms with Gasteiger partial charge in [-0.25, -0.2) is 14.8 Å². The minimum Gasteiger partial charge on any atom is -0.441 e. The number of hydrogen-bond acceptors (Lipinski definition) is 7. The Bertz CT molecular complexity index is 1010. The summed E-state index contributed by atoms with van der Waals surface area (Å²) in [5, 5.41) is 5.55. The van der Waals surface area contributed by atoms with E-state index in [1.54, 1.807) is 6.20 Å². The van der Waals surface area contributed by atoms with Crippen LogP contribution in [-0.2, 0) is 25.8 Å². The van der Waals surface area contributed by atoms with Crippen molar-refractivity contribution in [3.8, 4) is 0 Å². The van der Waals surface area contributed by atoms with Gasteiger partial charge < -0.3 is 19.5 Å². The minimum absolute atomic E-state index is 0.0203. The van der Waals surface area contributed by atoms with Gasteiger partial charge in [0.25, 0.3) is 0 Å². The van der Waals surface area contributed by atoms with Gasteiger partial charge in [-0.05, 0) is 24.3 Å². The van der Waals surface area contributed by atoms with Crippen LogP contribution in [0.1, 0.15) is 32.0 Å². The van der Waals surface area contributed by atoms with Gasteiger partial charge in [-0.1, -0.05) is 26.8 Å². The molecule has 0 bridgehead atoms. The predicted molar refractivity (Wildman–Crippen MR) is 113 cm³/mol.